The van der Waals surface area contributed by atoms with Gasteiger partial charge in [0.1, 0.15) is 11.2 Å². The van der Waals surface area contributed by atoms with E-state index in [1.54, 1.807) is 0 Å². The molecule has 0 fully saturated rings. The zero-order chi connectivity index (χ0) is 41.4. The summed E-state index contributed by atoms with van der Waals surface area (Å²) >= 11 is 0. The number of rotatable bonds is 6. The van der Waals surface area contributed by atoms with Crippen molar-refractivity contribution in [3.8, 4) is 56.7 Å². The van der Waals surface area contributed by atoms with Gasteiger partial charge in [0.05, 0.1) is 27.8 Å². The smallest absolute Gasteiger partial charge is 0.164 e. The third kappa shape index (κ3) is 5.62. The molecule has 63 heavy (non-hydrogen) atoms. The number of hydrogen-bond acceptors (Lipinski definition) is 4. The maximum Gasteiger partial charge on any atom is 0.164 e. The van der Waals surface area contributed by atoms with E-state index in [9.17, 15) is 0 Å². The summed E-state index contributed by atoms with van der Waals surface area (Å²) in [6.07, 6.45) is 0. The predicted molar refractivity (Wildman–Crippen MR) is 258 cm³/mol. The van der Waals surface area contributed by atoms with Crippen molar-refractivity contribution in [1.82, 2.24) is 24.1 Å². The number of nitrogens with zero attached hydrogens (tertiary/aromatic N) is 5. The lowest BCUT2D eigenvalue weighted by Crippen LogP contribution is -2.01. The van der Waals surface area contributed by atoms with Crippen LogP contribution in [0.4, 0.5) is 0 Å². The molecule has 294 valence electrons. The van der Waals surface area contributed by atoms with Gasteiger partial charge >= 0.3 is 0 Å². The Balaban J connectivity index is 0.985. The maximum absolute atomic E-state index is 6.84. The van der Waals surface area contributed by atoms with Gasteiger partial charge in [-0.05, 0) is 60.2 Å². The molecule has 4 heterocycles. The van der Waals surface area contributed by atoms with Gasteiger partial charge in [0.25, 0.3) is 0 Å². The SMILES string of the molecule is c1ccc(-c2nc(-c3cccc(-n4c5ccccc5c5ccccc54)c3)nc(-c3ccc4c(c3)oc3cc(-n5c6ccccc6c6ccccc65)c(-c5ccccc5)cc34)n2)cc1. The number of fused-ring (bicyclic) bond motifs is 9. The van der Waals surface area contributed by atoms with E-state index >= 15 is 0 Å². The molecule has 0 atom stereocenters. The molecular weight excluding hydrogens is 771 g/mol. The molecule has 0 aliphatic heterocycles. The highest BCUT2D eigenvalue weighted by Gasteiger charge is 2.21. The van der Waals surface area contributed by atoms with Crippen molar-refractivity contribution >= 4 is 65.6 Å². The number of furan rings is 1. The van der Waals surface area contributed by atoms with E-state index in [1.165, 1.54) is 21.5 Å². The number of hydrogen-bond donors (Lipinski definition) is 0. The average Bonchev–Trinajstić information content (AvgIpc) is 4.01. The molecule has 4 aromatic heterocycles. The molecule has 9 aromatic carbocycles. The highest BCUT2D eigenvalue weighted by molar-refractivity contribution is 6.13. The fourth-order valence-electron chi connectivity index (χ4n) is 9.50. The Morgan fingerprint density at radius 1 is 0.302 bits per heavy atom. The predicted octanol–water partition coefficient (Wildman–Crippen LogP) is 14.6. The molecule has 0 radical (unpaired) electrons. The summed E-state index contributed by atoms with van der Waals surface area (Å²) in [5, 5.41) is 6.93. The average molecular weight is 806 g/mol. The van der Waals surface area contributed by atoms with Crippen LogP contribution in [0.25, 0.3) is 122 Å². The largest absolute Gasteiger partial charge is 0.456 e. The van der Waals surface area contributed by atoms with Crippen molar-refractivity contribution in [2.75, 3.05) is 0 Å². The topological polar surface area (TPSA) is 61.7 Å². The quantitative estimate of drug-likeness (QED) is 0.168. The van der Waals surface area contributed by atoms with Crippen LogP contribution in [0.15, 0.2) is 217 Å². The van der Waals surface area contributed by atoms with E-state index in [1.807, 2.05) is 30.3 Å². The summed E-state index contributed by atoms with van der Waals surface area (Å²) in [5.41, 5.74) is 13.2. The van der Waals surface area contributed by atoms with Crippen molar-refractivity contribution in [2.24, 2.45) is 0 Å². The van der Waals surface area contributed by atoms with Gasteiger partial charge < -0.3 is 13.6 Å². The lowest BCUT2D eigenvalue weighted by atomic mass is 10.00. The highest BCUT2D eigenvalue weighted by atomic mass is 16.3. The molecule has 0 aliphatic carbocycles. The lowest BCUT2D eigenvalue weighted by molar-refractivity contribution is 0.669. The van der Waals surface area contributed by atoms with Crippen LogP contribution in [0.2, 0.25) is 0 Å². The molecule has 0 amide bonds. The zero-order valence-corrected chi connectivity index (χ0v) is 33.9. The molecule has 0 spiro atoms. The first kappa shape index (κ1) is 35.2. The minimum Gasteiger partial charge on any atom is -0.456 e. The second-order valence-electron chi connectivity index (χ2n) is 16.0. The molecule has 0 aliphatic rings. The summed E-state index contributed by atoms with van der Waals surface area (Å²) in [4.78, 5) is 15.4. The molecule has 0 unspecified atom stereocenters. The zero-order valence-electron chi connectivity index (χ0n) is 33.9. The maximum atomic E-state index is 6.84. The van der Waals surface area contributed by atoms with E-state index < -0.39 is 0 Å². The van der Waals surface area contributed by atoms with Gasteiger partial charge in [-0.3, -0.25) is 0 Å². The van der Waals surface area contributed by atoms with E-state index in [4.69, 9.17) is 19.4 Å². The van der Waals surface area contributed by atoms with Crippen LogP contribution in [-0.4, -0.2) is 24.1 Å². The molecule has 0 saturated heterocycles. The first-order valence-corrected chi connectivity index (χ1v) is 21.2. The molecule has 13 rings (SSSR count). The summed E-state index contributed by atoms with van der Waals surface area (Å²) < 4.78 is 11.5. The van der Waals surface area contributed by atoms with Crippen molar-refractivity contribution in [3.63, 3.8) is 0 Å². The van der Waals surface area contributed by atoms with Gasteiger partial charge in [-0.2, -0.15) is 0 Å². The number of benzene rings is 9. The molecule has 6 heteroatoms. The van der Waals surface area contributed by atoms with Crippen LogP contribution >= 0.6 is 0 Å². The molecule has 0 saturated carbocycles. The van der Waals surface area contributed by atoms with Gasteiger partial charge in [0.2, 0.25) is 0 Å². The molecular formula is C57H35N5O. The second-order valence-corrected chi connectivity index (χ2v) is 16.0. The van der Waals surface area contributed by atoms with Crippen LogP contribution in [0, 0.1) is 0 Å². The van der Waals surface area contributed by atoms with Crippen molar-refractivity contribution in [2.45, 2.75) is 0 Å². The third-order valence-corrected chi connectivity index (χ3v) is 12.4. The van der Waals surface area contributed by atoms with Gasteiger partial charge in [0, 0.05) is 66.3 Å². The van der Waals surface area contributed by atoms with Crippen molar-refractivity contribution in [1.29, 1.82) is 0 Å². The third-order valence-electron chi connectivity index (χ3n) is 12.4. The molecule has 13 aromatic rings. The van der Waals surface area contributed by atoms with Crippen LogP contribution in [0.1, 0.15) is 0 Å². The Morgan fingerprint density at radius 3 is 1.35 bits per heavy atom. The minimum absolute atomic E-state index is 0.569. The normalized spacial score (nSPS) is 11.8. The lowest BCUT2D eigenvalue weighted by Gasteiger charge is -2.14. The molecule has 0 bridgehead atoms. The Morgan fingerprint density at radius 2 is 0.762 bits per heavy atom. The van der Waals surface area contributed by atoms with Crippen molar-refractivity contribution < 1.29 is 4.42 Å². The van der Waals surface area contributed by atoms with Crippen LogP contribution < -0.4 is 0 Å². The van der Waals surface area contributed by atoms with E-state index in [2.05, 4.69) is 191 Å². The fourth-order valence-corrected chi connectivity index (χ4v) is 9.50. The Kier molecular flexibility index (Phi) is 7.80. The van der Waals surface area contributed by atoms with Crippen LogP contribution in [0.3, 0.4) is 0 Å². The Bertz CT molecular complexity index is 3810. The number of para-hydroxylation sites is 4. The summed E-state index contributed by atoms with van der Waals surface area (Å²) in [6, 6.07) is 74.4. The highest BCUT2D eigenvalue weighted by Crippen LogP contribution is 2.42. The molecule has 0 N–H and O–H groups in total. The van der Waals surface area contributed by atoms with Gasteiger partial charge in [0.15, 0.2) is 17.5 Å². The van der Waals surface area contributed by atoms with E-state index in [0.29, 0.717) is 17.5 Å². The van der Waals surface area contributed by atoms with Crippen LogP contribution in [0.5, 0.6) is 0 Å². The second kappa shape index (κ2) is 14.0. The number of aromatic nitrogens is 5. The first-order valence-electron chi connectivity index (χ1n) is 21.2. The summed E-state index contributed by atoms with van der Waals surface area (Å²) in [5.74, 6) is 1.76. The Labute approximate surface area is 361 Å². The van der Waals surface area contributed by atoms with Crippen LogP contribution in [-0.2, 0) is 0 Å². The van der Waals surface area contributed by atoms with Crippen molar-refractivity contribution in [3.05, 3.63) is 212 Å². The minimum atomic E-state index is 0.569. The van der Waals surface area contributed by atoms with Gasteiger partial charge in [-0.15, -0.1) is 0 Å². The standard InChI is InChI=1S/C57H35N5O/c1-3-16-36(17-4-1)46-34-47-45-31-30-39(33-53(45)63-54(47)35-52(46)62-50-28-13-9-24-43(50)44-25-10-14-29-51(44)62)57-59-55(37-18-5-2-6-19-37)58-56(60-57)38-20-15-21-40(32-38)61-48-26-11-7-22-41(48)42-23-8-12-27-49(42)61/h1-35H. The van der Waals surface area contributed by atoms with E-state index in [-0.39, 0.29) is 0 Å². The monoisotopic (exact) mass is 805 g/mol. The molecule has 6 nitrogen and oxygen atoms in total. The summed E-state index contributed by atoms with van der Waals surface area (Å²) in [6.45, 7) is 0. The van der Waals surface area contributed by atoms with Gasteiger partial charge in [-0.25, -0.2) is 15.0 Å². The summed E-state index contributed by atoms with van der Waals surface area (Å²) in [7, 11) is 0. The van der Waals surface area contributed by atoms with E-state index in [0.717, 1.165) is 83.2 Å². The van der Waals surface area contributed by atoms with Gasteiger partial charge in [-0.1, -0.05) is 152 Å². The fraction of sp³-hybridized carbons (Fsp3) is 0. The Hall–Kier alpha value is -8.61. The first-order chi connectivity index (χ1) is 31.2.